The summed E-state index contributed by atoms with van der Waals surface area (Å²) in [7, 11) is 0. The number of nitrogens with zero attached hydrogens (tertiary/aromatic N) is 1. The molecular weight excluding hydrogens is 234 g/mol. The van der Waals surface area contributed by atoms with Crippen LogP contribution in [0.15, 0.2) is 18.3 Å². The molecule has 0 unspecified atom stereocenters. The molecule has 1 aromatic rings. The summed E-state index contributed by atoms with van der Waals surface area (Å²) in [6.07, 6.45) is 4.07. The minimum atomic E-state index is -0.0317. The molecule has 0 aliphatic heterocycles. The van der Waals surface area contributed by atoms with E-state index in [0.29, 0.717) is 18.8 Å². The summed E-state index contributed by atoms with van der Waals surface area (Å²) in [5.41, 5.74) is 6.09. The Balaban J connectivity index is 2.62. The third kappa shape index (κ3) is 5.38. The van der Waals surface area contributed by atoms with Gasteiger partial charge in [-0.25, -0.2) is 4.98 Å². The highest BCUT2D eigenvalue weighted by atomic mass is 32.2. The van der Waals surface area contributed by atoms with E-state index in [1.165, 1.54) is 0 Å². The Hall–Kier alpha value is -1.51. The molecule has 1 amide bonds. The van der Waals surface area contributed by atoms with Gasteiger partial charge in [-0.05, 0) is 18.4 Å². The zero-order valence-corrected chi connectivity index (χ0v) is 10.5. The van der Waals surface area contributed by atoms with E-state index in [2.05, 4.69) is 22.1 Å². The van der Waals surface area contributed by atoms with E-state index < -0.39 is 0 Å². The summed E-state index contributed by atoms with van der Waals surface area (Å²) in [5, 5.41) is 2.73. The molecule has 1 rings (SSSR count). The first-order valence-corrected chi connectivity index (χ1v) is 6.59. The van der Waals surface area contributed by atoms with Crippen LogP contribution in [0.2, 0.25) is 0 Å². The molecule has 0 aliphatic rings. The van der Waals surface area contributed by atoms with Crippen LogP contribution < -0.4 is 11.1 Å². The Morgan fingerprint density at radius 2 is 2.47 bits per heavy atom. The van der Waals surface area contributed by atoms with E-state index >= 15 is 0 Å². The number of rotatable bonds is 4. The molecule has 17 heavy (non-hydrogen) atoms. The largest absolute Gasteiger partial charge is 0.320 e. The molecular formula is C12H15N3OS. The van der Waals surface area contributed by atoms with Crippen LogP contribution in [0.3, 0.4) is 0 Å². The van der Waals surface area contributed by atoms with Gasteiger partial charge in [0.2, 0.25) is 5.91 Å². The summed E-state index contributed by atoms with van der Waals surface area (Å²) in [5.74, 6) is 6.94. The van der Waals surface area contributed by atoms with Crippen LogP contribution in [0.25, 0.3) is 0 Å². The van der Waals surface area contributed by atoms with Crippen molar-refractivity contribution in [2.75, 3.05) is 23.9 Å². The number of amides is 1. The van der Waals surface area contributed by atoms with Gasteiger partial charge in [0.15, 0.2) is 0 Å². The predicted octanol–water partition coefficient (Wildman–Crippen LogP) is 1.08. The molecule has 0 atom stereocenters. The van der Waals surface area contributed by atoms with Crippen LogP contribution in [0, 0.1) is 11.8 Å². The average molecular weight is 249 g/mol. The highest BCUT2D eigenvalue weighted by Gasteiger charge is 2.02. The Labute approximate surface area is 105 Å². The second kappa shape index (κ2) is 7.71. The van der Waals surface area contributed by atoms with Crippen molar-refractivity contribution in [1.29, 1.82) is 0 Å². The fourth-order valence-electron chi connectivity index (χ4n) is 1.13. The summed E-state index contributed by atoms with van der Waals surface area (Å²) >= 11 is 1.64. The average Bonchev–Trinajstić information content (AvgIpc) is 2.34. The van der Waals surface area contributed by atoms with Crippen LogP contribution in [0.5, 0.6) is 0 Å². The lowest BCUT2D eigenvalue weighted by Crippen LogP contribution is -2.13. The van der Waals surface area contributed by atoms with Gasteiger partial charge in [-0.3, -0.25) is 4.79 Å². The first-order valence-electron chi connectivity index (χ1n) is 5.20. The number of anilines is 1. The summed E-state index contributed by atoms with van der Waals surface area (Å²) < 4.78 is 0. The lowest BCUT2D eigenvalue weighted by molar-refractivity contribution is -0.115. The highest BCUT2D eigenvalue weighted by molar-refractivity contribution is 7.98. The Morgan fingerprint density at radius 3 is 3.18 bits per heavy atom. The molecule has 0 fully saturated rings. The first kappa shape index (κ1) is 13.6. The van der Waals surface area contributed by atoms with Gasteiger partial charge in [0.25, 0.3) is 0 Å². The number of carbonyl (C=O) groups is 1. The standard InChI is InChI=1S/C12H15N3OS/c1-17-8-5-12(16)15-11-9-10(3-2-6-13)4-7-14-11/h4,7,9H,5-6,8,13H2,1H3,(H,14,15,16). The van der Waals surface area contributed by atoms with E-state index in [1.807, 2.05) is 6.26 Å². The van der Waals surface area contributed by atoms with E-state index in [9.17, 15) is 4.79 Å². The maximum absolute atomic E-state index is 11.5. The van der Waals surface area contributed by atoms with Crippen molar-refractivity contribution >= 4 is 23.5 Å². The second-order valence-corrected chi connectivity index (χ2v) is 4.21. The van der Waals surface area contributed by atoms with Crippen molar-refractivity contribution in [2.24, 2.45) is 5.73 Å². The molecule has 0 saturated carbocycles. The fraction of sp³-hybridized carbons (Fsp3) is 0.333. The third-order valence-electron chi connectivity index (χ3n) is 1.90. The summed E-state index contributed by atoms with van der Waals surface area (Å²) in [6.45, 7) is 0.317. The van der Waals surface area contributed by atoms with Gasteiger partial charge >= 0.3 is 0 Å². The van der Waals surface area contributed by atoms with Gasteiger partial charge in [0, 0.05) is 23.9 Å². The smallest absolute Gasteiger partial charge is 0.226 e. The molecule has 0 aromatic carbocycles. The molecule has 1 aromatic heterocycles. The quantitative estimate of drug-likeness (QED) is 0.784. The summed E-state index contributed by atoms with van der Waals surface area (Å²) in [4.78, 5) is 15.5. The maximum atomic E-state index is 11.5. The van der Waals surface area contributed by atoms with Gasteiger partial charge in [0.05, 0.1) is 6.54 Å². The minimum absolute atomic E-state index is 0.0317. The Kier molecular flexibility index (Phi) is 6.15. The maximum Gasteiger partial charge on any atom is 0.226 e. The first-order chi connectivity index (χ1) is 8.26. The molecule has 0 radical (unpaired) electrons. The molecule has 5 heteroatoms. The number of nitrogens with one attached hydrogen (secondary N) is 1. The Bertz CT molecular complexity index is 437. The topological polar surface area (TPSA) is 68.0 Å². The zero-order valence-electron chi connectivity index (χ0n) is 9.69. The van der Waals surface area contributed by atoms with Crippen LogP contribution >= 0.6 is 11.8 Å². The van der Waals surface area contributed by atoms with E-state index in [4.69, 9.17) is 5.73 Å². The third-order valence-corrected chi connectivity index (χ3v) is 2.51. The predicted molar refractivity (Wildman–Crippen MR) is 71.8 cm³/mol. The number of aromatic nitrogens is 1. The SMILES string of the molecule is CSCCC(=O)Nc1cc(C#CCN)ccn1. The number of hydrogen-bond acceptors (Lipinski definition) is 4. The molecule has 90 valence electrons. The molecule has 3 N–H and O–H groups in total. The molecule has 0 saturated heterocycles. The molecule has 0 aliphatic carbocycles. The zero-order chi connectivity index (χ0) is 12.5. The lowest BCUT2D eigenvalue weighted by atomic mass is 10.2. The normalized spacial score (nSPS) is 9.29. The lowest BCUT2D eigenvalue weighted by Gasteiger charge is -2.03. The summed E-state index contributed by atoms with van der Waals surface area (Å²) in [6, 6.07) is 3.51. The van der Waals surface area contributed by atoms with Gasteiger partial charge in [-0.2, -0.15) is 11.8 Å². The van der Waals surface area contributed by atoms with Crippen LogP contribution in [0.4, 0.5) is 5.82 Å². The van der Waals surface area contributed by atoms with Gasteiger partial charge in [0.1, 0.15) is 5.82 Å². The van der Waals surface area contributed by atoms with Crippen molar-refractivity contribution in [3.8, 4) is 11.8 Å². The number of pyridine rings is 1. The van der Waals surface area contributed by atoms with Crippen molar-refractivity contribution in [2.45, 2.75) is 6.42 Å². The molecule has 0 spiro atoms. The monoisotopic (exact) mass is 249 g/mol. The van der Waals surface area contributed by atoms with Crippen molar-refractivity contribution in [3.63, 3.8) is 0 Å². The van der Waals surface area contributed by atoms with Crippen LogP contribution in [-0.4, -0.2) is 29.4 Å². The van der Waals surface area contributed by atoms with E-state index in [1.54, 1.807) is 30.1 Å². The van der Waals surface area contributed by atoms with Crippen LogP contribution in [-0.2, 0) is 4.79 Å². The van der Waals surface area contributed by atoms with Gasteiger partial charge < -0.3 is 11.1 Å². The highest BCUT2D eigenvalue weighted by Crippen LogP contribution is 2.06. The van der Waals surface area contributed by atoms with Crippen molar-refractivity contribution in [1.82, 2.24) is 4.98 Å². The van der Waals surface area contributed by atoms with E-state index in [-0.39, 0.29) is 5.91 Å². The fourth-order valence-corrected chi connectivity index (χ4v) is 1.52. The number of carbonyl (C=O) groups excluding carboxylic acids is 1. The molecule has 1 heterocycles. The number of thioether (sulfide) groups is 1. The van der Waals surface area contributed by atoms with Gasteiger partial charge in [-0.1, -0.05) is 11.8 Å². The van der Waals surface area contributed by atoms with Crippen molar-refractivity contribution < 1.29 is 4.79 Å². The number of hydrogen-bond donors (Lipinski definition) is 2. The van der Waals surface area contributed by atoms with Crippen molar-refractivity contribution in [3.05, 3.63) is 23.9 Å². The van der Waals surface area contributed by atoms with Gasteiger partial charge in [-0.15, -0.1) is 0 Å². The molecule has 4 nitrogen and oxygen atoms in total. The number of nitrogens with two attached hydrogens (primary N) is 1. The van der Waals surface area contributed by atoms with E-state index in [0.717, 1.165) is 11.3 Å². The second-order valence-electron chi connectivity index (χ2n) is 3.23. The van der Waals surface area contributed by atoms with Crippen LogP contribution in [0.1, 0.15) is 12.0 Å². The Morgan fingerprint density at radius 1 is 1.65 bits per heavy atom. The minimum Gasteiger partial charge on any atom is -0.320 e. The molecule has 0 bridgehead atoms.